The van der Waals surface area contributed by atoms with Gasteiger partial charge in [0, 0.05) is 17.3 Å². The zero-order valence-corrected chi connectivity index (χ0v) is 16.8. The summed E-state index contributed by atoms with van der Waals surface area (Å²) in [6.45, 7) is 0.942. The van der Waals surface area contributed by atoms with E-state index in [-0.39, 0.29) is 11.3 Å². The van der Waals surface area contributed by atoms with Crippen molar-refractivity contribution in [2.75, 3.05) is 0 Å². The minimum atomic E-state index is -5.29. The number of carbonyl (C=O) groups is 2. The monoisotopic (exact) mass is 444 g/mol. The number of nitrogens with one attached hydrogen (secondary N) is 2. The van der Waals surface area contributed by atoms with Gasteiger partial charge in [-0.2, -0.15) is 18.3 Å². The van der Waals surface area contributed by atoms with E-state index in [0.29, 0.717) is 11.3 Å². The zero-order valence-electron chi connectivity index (χ0n) is 16.8. The van der Waals surface area contributed by atoms with Crippen molar-refractivity contribution in [2.24, 2.45) is 5.92 Å². The van der Waals surface area contributed by atoms with Crippen LogP contribution in [0.5, 0.6) is 0 Å². The van der Waals surface area contributed by atoms with Crippen LogP contribution in [0.2, 0.25) is 0 Å². The molecule has 1 fully saturated rings. The smallest absolute Gasteiger partial charge is 0.363 e. The molecule has 10 heteroatoms. The van der Waals surface area contributed by atoms with Crippen molar-refractivity contribution in [3.8, 4) is 16.9 Å². The fraction of sp³-hybridized carbons (Fsp3) is 0.227. The molecular weight excluding hydrogens is 425 g/mol. The summed E-state index contributed by atoms with van der Waals surface area (Å²) < 4.78 is 42.9. The average Bonchev–Trinajstić information content (AvgIpc) is 3.19. The van der Waals surface area contributed by atoms with Crippen LogP contribution in [0.4, 0.5) is 18.0 Å². The maximum atomic E-state index is 13.8. The van der Waals surface area contributed by atoms with Gasteiger partial charge in [0.2, 0.25) is 5.72 Å². The van der Waals surface area contributed by atoms with Gasteiger partial charge in [0.05, 0.1) is 23.3 Å². The molecule has 0 spiro atoms. The number of amides is 2. The number of hydrogen-bond acceptors (Lipinski definition) is 4. The van der Waals surface area contributed by atoms with E-state index in [1.54, 1.807) is 60.7 Å². The number of aliphatic hydroxyl groups is 1. The van der Waals surface area contributed by atoms with E-state index in [1.165, 1.54) is 16.2 Å². The van der Waals surface area contributed by atoms with E-state index in [9.17, 15) is 27.9 Å². The number of nitrogens with zero attached hydrogens (tertiary/aromatic N) is 2. The summed E-state index contributed by atoms with van der Waals surface area (Å²) in [6.07, 6.45) is -3.83. The standard InChI is InChI=1S/C22H19F3N4O3/c1-13(30)17-19(26-20(31)27-21(17,32)22(23,24)25)16-12-29(15-10-6-3-7-11-15)28-18(16)14-8-4-2-5-9-14/h2-12,17,19,32H,1H3,(H2,26,27,31). The van der Waals surface area contributed by atoms with Crippen LogP contribution in [0.25, 0.3) is 16.9 Å². The zero-order chi connectivity index (χ0) is 23.1. The minimum absolute atomic E-state index is 0.165. The molecular formula is C22H19F3N4O3. The summed E-state index contributed by atoms with van der Waals surface area (Å²) in [5.41, 5.74) is -2.10. The summed E-state index contributed by atoms with van der Waals surface area (Å²) >= 11 is 0. The Hall–Kier alpha value is -3.66. The molecule has 0 bridgehead atoms. The van der Waals surface area contributed by atoms with Crippen LogP contribution in [0, 0.1) is 5.92 Å². The highest BCUT2D eigenvalue weighted by atomic mass is 19.4. The topological polar surface area (TPSA) is 96.2 Å². The average molecular weight is 444 g/mol. The molecule has 2 aromatic carbocycles. The van der Waals surface area contributed by atoms with Crippen molar-refractivity contribution in [1.82, 2.24) is 20.4 Å². The summed E-state index contributed by atoms with van der Waals surface area (Å²) in [7, 11) is 0. The second-order valence-corrected chi connectivity index (χ2v) is 7.51. The maximum absolute atomic E-state index is 13.8. The first kappa shape index (κ1) is 21.6. The SMILES string of the molecule is CC(=O)C1C(c2cn(-c3ccccc3)nc2-c2ccccc2)NC(=O)NC1(O)C(F)(F)F. The molecule has 32 heavy (non-hydrogen) atoms. The molecule has 1 aliphatic heterocycles. The van der Waals surface area contributed by atoms with Crippen LogP contribution in [-0.4, -0.2) is 38.6 Å². The largest absolute Gasteiger partial charge is 0.437 e. The Balaban J connectivity index is 1.93. The summed E-state index contributed by atoms with van der Waals surface area (Å²) in [4.78, 5) is 24.6. The van der Waals surface area contributed by atoms with Crippen molar-refractivity contribution in [3.63, 3.8) is 0 Å². The number of carbonyl (C=O) groups excluding carboxylic acids is 2. The van der Waals surface area contributed by atoms with E-state index in [4.69, 9.17) is 0 Å². The number of aromatic nitrogens is 2. The van der Waals surface area contributed by atoms with Crippen molar-refractivity contribution in [3.05, 3.63) is 72.4 Å². The summed E-state index contributed by atoms with van der Waals surface area (Å²) in [5.74, 6) is -3.00. The van der Waals surface area contributed by atoms with Crippen LogP contribution in [0.15, 0.2) is 66.9 Å². The number of hydrogen-bond donors (Lipinski definition) is 3. The number of halogens is 3. The molecule has 2 heterocycles. The Labute approximate surface area is 180 Å². The van der Waals surface area contributed by atoms with Gasteiger partial charge in [0.15, 0.2) is 0 Å². The molecule has 1 aromatic heterocycles. The summed E-state index contributed by atoms with van der Waals surface area (Å²) in [6, 6.07) is 14.8. The third kappa shape index (κ3) is 3.62. The lowest BCUT2D eigenvalue weighted by Crippen LogP contribution is -2.72. The Bertz CT molecular complexity index is 1150. The lowest BCUT2D eigenvalue weighted by atomic mass is 9.79. The molecule has 7 nitrogen and oxygen atoms in total. The normalized spacial score (nSPS) is 23.3. The number of para-hydroxylation sites is 1. The second-order valence-electron chi connectivity index (χ2n) is 7.51. The Morgan fingerprint density at radius 3 is 2.25 bits per heavy atom. The van der Waals surface area contributed by atoms with Gasteiger partial charge in [0.1, 0.15) is 5.78 Å². The molecule has 3 unspecified atom stereocenters. The molecule has 4 rings (SSSR count). The van der Waals surface area contributed by atoms with Gasteiger partial charge < -0.3 is 15.7 Å². The first-order valence-electron chi connectivity index (χ1n) is 9.70. The van der Waals surface area contributed by atoms with Crippen molar-refractivity contribution >= 4 is 11.8 Å². The molecule has 0 saturated carbocycles. The molecule has 1 saturated heterocycles. The second kappa shape index (κ2) is 7.79. The van der Waals surface area contributed by atoms with E-state index in [0.717, 1.165) is 6.92 Å². The van der Waals surface area contributed by atoms with Gasteiger partial charge in [0.25, 0.3) is 0 Å². The van der Waals surface area contributed by atoms with Crippen molar-refractivity contribution in [2.45, 2.75) is 24.9 Å². The third-order valence-electron chi connectivity index (χ3n) is 5.39. The molecule has 0 radical (unpaired) electrons. The Kier molecular flexibility index (Phi) is 5.25. The van der Waals surface area contributed by atoms with Gasteiger partial charge >= 0.3 is 12.2 Å². The summed E-state index contributed by atoms with van der Waals surface area (Å²) in [5, 5.41) is 18.9. The third-order valence-corrected chi connectivity index (χ3v) is 5.39. The van der Waals surface area contributed by atoms with Crippen molar-refractivity contribution < 1.29 is 27.9 Å². The number of benzene rings is 2. The predicted molar refractivity (Wildman–Crippen MR) is 109 cm³/mol. The molecule has 2 amide bonds. The molecule has 166 valence electrons. The Morgan fingerprint density at radius 1 is 1.09 bits per heavy atom. The molecule has 3 atom stereocenters. The van der Waals surface area contributed by atoms with E-state index < -0.39 is 35.7 Å². The highest BCUT2D eigenvalue weighted by molar-refractivity contribution is 5.86. The van der Waals surface area contributed by atoms with Crippen LogP contribution in [0.1, 0.15) is 18.5 Å². The first-order chi connectivity index (χ1) is 15.1. The highest BCUT2D eigenvalue weighted by Gasteiger charge is 2.66. The van der Waals surface area contributed by atoms with Gasteiger partial charge in [-0.05, 0) is 19.1 Å². The van der Waals surface area contributed by atoms with Crippen LogP contribution in [-0.2, 0) is 4.79 Å². The number of alkyl halides is 3. The fourth-order valence-electron chi connectivity index (χ4n) is 3.93. The van der Waals surface area contributed by atoms with Crippen LogP contribution >= 0.6 is 0 Å². The van der Waals surface area contributed by atoms with Crippen LogP contribution < -0.4 is 10.6 Å². The number of ketones is 1. The quantitative estimate of drug-likeness (QED) is 0.575. The molecule has 3 aromatic rings. The molecule has 1 aliphatic rings. The van der Waals surface area contributed by atoms with Gasteiger partial charge in [-0.15, -0.1) is 0 Å². The number of rotatable bonds is 4. The van der Waals surface area contributed by atoms with Crippen molar-refractivity contribution in [1.29, 1.82) is 0 Å². The van der Waals surface area contributed by atoms with E-state index in [1.807, 2.05) is 0 Å². The number of Topliss-reactive ketones (excluding diaryl/α,β-unsaturated/α-hetero) is 1. The highest BCUT2D eigenvalue weighted by Crippen LogP contribution is 2.44. The predicted octanol–water partition coefficient (Wildman–Crippen LogP) is 3.35. The van der Waals surface area contributed by atoms with Crippen LogP contribution in [0.3, 0.4) is 0 Å². The maximum Gasteiger partial charge on any atom is 0.437 e. The van der Waals surface area contributed by atoms with Gasteiger partial charge in [-0.3, -0.25) is 4.79 Å². The lowest BCUT2D eigenvalue weighted by Gasteiger charge is -2.44. The fourth-order valence-corrected chi connectivity index (χ4v) is 3.93. The van der Waals surface area contributed by atoms with Gasteiger partial charge in [-0.1, -0.05) is 48.5 Å². The first-order valence-corrected chi connectivity index (χ1v) is 9.70. The molecule has 0 aliphatic carbocycles. The minimum Gasteiger partial charge on any atom is -0.363 e. The Morgan fingerprint density at radius 2 is 1.69 bits per heavy atom. The van der Waals surface area contributed by atoms with E-state index in [2.05, 4.69) is 10.4 Å². The van der Waals surface area contributed by atoms with Gasteiger partial charge in [-0.25, -0.2) is 9.48 Å². The lowest BCUT2D eigenvalue weighted by molar-refractivity contribution is -0.290. The molecule has 3 N–H and O–H groups in total. The number of urea groups is 1. The van der Waals surface area contributed by atoms with E-state index >= 15 is 0 Å².